The Kier molecular flexibility index (Phi) is 6.48. The molecule has 0 aromatic carbocycles. The fraction of sp³-hybridized carbons (Fsp3) is 0.625. The first kappa shape index (κ1) is 10.0. The van der Waals surface area contributed by atoms with Gasteiger partial charge in [0.25, 0.3) is 0 Å². The van der Waals surface area contributed by atoms with E-state index in [4.69, 9.17) is 0 Å². The fourth-order valence-electron chi connectivity index (χ4n) is 0.908. The second-order valence-electron chi connectivity index (χ2n) is 2.41. The SMILES string of the molecule is O=CCCC(CC=O)CC=O. The van der Waals surface area contributed by atoms with Gasteiger partial charge in [0.2, 0.25) is 0 Å². The second kappa shape index (κ2) is 7.12. The molecule has 0 rings (SSSR count). The molecular formula is C8H12O3. The average molecular weight is 156 g/mol. The molecule has 0 saturated carbocycles. The van der Waals surface area contributed by atoms with E-state index in [0.717, 1.165) is 18.9 Å². The minimum Gasteiger partial charge on any atom is -0.303 e. The summed E-state index contributed by atoms with van der Waals surface area (Å²) in [4.78, 5) is 30.0. The number of rotatable bonds is 7. The van der Waals surface area contributed by atoms with Crippen molar-refractivity contribution in [2.75, 3.05) is 0 Å². The molecule has 0 fully saturated rings. The second-order valence-corrected chi connectivity index (χ2v) is 2.41. The molecule has 0 aliphatic carbocycles. The van der Waals surface area contributed by atoms with Crippen LogP contribution in [0.5, 0.6) is 0 Å². The fourth-order valence-corrected chi connectivity index (χ4v) is 0.908. The Hall–Kier alpha value is -0.990. The standard InChI is InChI=1S/C8H12O3/c9-5-1-2-8(3-6-10)4-7-11/h5-8H,1-4H2. The van der Waals surface area contributed by atoms with Gasteiger partial charge in [-0.1, -0.05) is 0 Å². The van der Waals surface area contributed by atoms with E-state index in [9.17, 15) is 14.4 Å². The Balaban J connectivity index is 3.57. The summed E-state index contributed by atoms with van der Waals surface area (Å²) in [5.41, 5.74) is 0. The lowest BCUT2D eigenvalue weighted by atomic mass is 9.98. The lowest BCUT2D eigenvalue weighted by Crippen LogP contribution is -2.02. The highest BCUT2D eigenvalue weighted by molar-refractivity contribution is 5.55. The number of hydrogen-bond donors (Lipinski definition) is 0. The van der Waals surface area contributed by atoms with Crippen LogP contribution < -0.4 is 0 Å². The Morgan fingerprint density at radius 1 is 0.909 bits per heavy atom. The van der Waals surface area contributed by atoms with Gasteiger partial charge in [-0.2, -0.15) is 0 Å². The van der Waals surface area contributed by atoms with Crippen molar-refractivity contribution in [2.45, 2.75) is 25.7 Å². The number of aldehydes is 3. The molecule has 0 saturated heterocycles. The minimum atomic E-state index is 0.0650. The molecule has 0 spiro atoms. The molecule has 0 N–H and O–H groups in total. The molecule has 3 nitrogen and oxygen atoms in total. The third-order valence-corrected chi connectivity index (χ3v) is 1.55. The van der Waals surface area contributed by atoms with Gasteiger partial charge in [-0.3, -0.25) is 0 Å². The summed E-state index contributed by atoms with van der Waals surface area (Å²) < 4.78 is 0. The monoisotopic (exact) mass is 156 g/mol. The first-order valence-corrected chi connectivity index (χ1v) is 3.66. The van der Waals surface area contributed by atoms with Gasteiger partial charge in [0.05, 0.1) is 0 Å². The summed E-state index contributed by atoms with van der Waals surface area (Å²) in [6.45, 7) is 0. The molecule has 0 atom stereocenters. The molecule has 0 aromatic rings. The van der Waals surface area contributed by atoms with Gasteiger partial charge in [-0.25, -0.2) is 0 Å². The van der Waals surface area contributed by atoms with Crippen molar-refractivity contribution in [3.8, 4) is 0 Å². The quantitative estimate of drug-likeness (QED) is 0.511. The molecule has 0 unspecified atom stereocenters. The van der Waals surface area contributed by atoms with Crippen LogP contribution in [0.4, 0.5) is 0 Å². The zero-order valence-corrected chi connectivity index (χ0v) is 6.36. The maximum atomic E-state index is 10.0. The van der Waals surface area contributed by atoms with Crippen molar-refractivity contribution < 1.29 is 14.4 Å². The molecular weight excluding hydrogens is 144 g/mol. The normalized spacial score (nSPS) is 9.55. The molecule has 0 aliphatic rings. The lowest BCUT2D eigenvalue weighted by molar-refractivity contribution is -0.112. The van der Waals surface area contributed by atoms with Crippen molar-refractivity contribution in [1.82, 2.24) is 0 Å². The van der Waals surface area contributed by atoms with Gasteiger partial charge in [0, 0.05) is 19.3 Å². The van der Waals surface area contributed by atoms with Crippen LogP contribution in [-0.2, 0) is 14.4 Å². The van der Waals surface area contributed by atoms with Gasteiger partial charge in [-0.15, -0.1) is 0 Å². The number of carbonyl (C=O) groups is 3. The van der Waals surface area contributed by atoms with Gasteiger partial charge in [0.15, 0.2) is 0 Å². The Labute approximate surface area is 65.8 Å². The van der Waals surface area contributed by atoms with Crippen molar-refractivity contribution >= 4 is 18.9 Å². The maximum Gasteiger partial charge on any atom is 0.120 e. The largest absolute Gasteiger partial charge is 0.303 e. The Bertz CT molecular complexity index is 121. The summed E-state index contributed by atoms with van der Waals surface area (Å²) in [7, 11) is 0. The molecule has 0 aromatic heterocycles. The van der Waals surface area contributed by atoms with Crippen LogP contribution in [0, 0.1) is 5.92 Å². The third kappa shape index (κ3) is 5.45. The Morgan fingerprint density at radius 3 is 1.82 bits per heavy atom. The van der Waals surface area contributed by atoms with Crippen LogP contribution in [0.25, 0.3) is 0 Å². The molecule has 0 amide bonds. The van der Waals surface area contributed by atoms with E-state index in [0.29, 0.717) is 25.7 Å². The Morgan fingerprint density at radius 2 is 1.45 bits per heavy atom. The van der Waals surface area contributed by atoms with Gasteiger partial charge in [0.1, 0.15) is 18.9 Å². The molecule has 3 heteroatoms. The van der Waals surface area contributed by atoms with E-state index >= 15 is 0 Å². The highest BCUT2D eigenvalue weighted by Crippen LogP contribution is 2.11. The van der Waals surface area contributed by atoms with Crippen LogP contribution in [0.2, 0.25) is 0 Å². The maximum absolute atomic E-state index is 10.0. The third-order valence-electron chi connectivity index (χ3n) is 1.55. The van der Waals surface area contributed by atoms with Crippen LogP contribution in [0.15, 0.2) is 0 Å². The number of hydrogen-bond acceptors (Lipinski definition) is 3. The van der Waals surface area contributed by atoms with Crippen molar-refractivity contribution in [3.05, 3.63) is 0 Å². The predicted molar refractivity (Wildman–Crippen MR) is 40.2 cm³/mol. The summed E-state index contributed by atoms with van der Waals surface area (Å²) in [6, 6.07) is 0. The van der Waals surface area contributed by atoms with E-state index in [1.165, 1.54) is 0 Å². The van der Waals surface area contributed by atoms with E-state index < -0.39 is 0 Å². The first-order chi connectivity index (χ1) is 5.35. The van der Waals surface area contributed by atoms with Crippen LogP contribution >= 0.6 is 0 Å². The summed E-state index contributed by atoms with van der Waals surface area (Å²) in [5, 5.41) is 0. The topological polar surface area (TPSA) is 51.2 Å². The zero-order valence-electron chi connectivity index (χ0n) is 6.36. The van der Waals surface area contributed by atoms with E-state index in [-0.39, 0.29) is 5.92 Å². The summed E-state index contributed by atoms with van der Waals surface area (Å²) >= 11 is 0. The first-order valence-electron chi connectivity index (χ1n) is 3.66. The lowest BCUT2D eigenvalue weighted by Gasteiger charge is -2.06. The molecule has 62 valence electrons. The zero-order chi connectivity index (χ0) is 8.53. The number of carbonyl (C=O) groups excluding carboxylic acids is 3. The van der Waals surface area contributed by atoms with E-state index in [2.05, 4.69) is 0 Å². The highest BCUT2D eigenvalue weighted by atomic mass is 16.1. The van der Waals surface area contributed by atoms with Crippen molar-refractivity contribution in [3.63, 3.8) is 0 Å². The van der Waals surface area contributed by atoms with E-state index in [1.54, 1.807) is 0 Å². The van der Waals surface area contributed by atoms with E-state index in [1.807, 2.05) is 0 Å². The highest BCUT2D eigenvalue weighted by Gasteiger charge is 2.05. The molecule has 0 heterocycles. The molecule has 0 bridgehead atoms. The van der Waals surface area contributed by atoms with Crippen LogP contribution in [-0.4, -0.2) is 18.9 Å². The van der Waals surface area contributed by atoms with Crippen molar-refractivity contribution in [1.29, 1.82) is 0 Å². The summed E-state index contributed by atoms with van der Waals surface area (Å²) in [6.07, 6.45) is 4.23. The summed E-state index contributed by atoms with van der Waals surface area (Å²) in [5.74, 6) is 0.0650. The van der Waals surface area contributed by atoms with Crippen molar-refractivity contribution in [2.24, 2.45) is 5.92 Å². The van der Waals surface area contributed by atoms with Crippen LogP contribution in [0.3, 0.4) is 0 Å². The van der Waals surface area contributed by atoms with Gasteiger partial charge < -0.3 is 14.4 Å². The van der Waals surface area contributed by atoms with Gasteiger partial charge in [-0.05, 0) is 12.3 Å². The minimum absolute atomic E-state index is 0.0650. The molecule has 11 heavy (non-hydrogen) atoms. The average Bonchev–Trinajstić information content (AvgIpc) is 2.01. The smallest absolute Gasteiger partial charge is 0.120 e. The van der Waals surface area contributed by atoms with Gasteiger partial charge >= 0.3 is 0 Å². The molecule has 0 radical (unpaired) electrons. The predicted octanol–water partition coefficient (Wildman–Crippen LogP) is 0.760. The molecule has 0 aliphatic heterocycles. The van der Waals surface area contributed by atoms with Crippen LogP contribution in [0.1, 0.15) is 25.7 Å².